The molecule has 1 saturated carbocycles. The Morgan fingerprint density at radius 3 is 2.57 bits per heavy atom. The maximum Gasteiger partial charge on any atom is 0.262 e. The molecule has 7 nitrogen and oxygen atoms in total. The van der Waals surface area contributed by atoms with E-state index in [-0.39, 0.29) is 24.3 Å². The van der Waals surface area contributed by atoms with Crippen LogP contribution in [0.3, 0.4) is 0 Å². The van der Waals surface area contributed by atoms with Crippen LogP contribution in [0.5, 0.6) is 17.2 Å². The second-order valence-corrected chi connectivity index (χ2v) is 7.01. The Morgan fingerprint density at radius 1 is 1.07 bits per heavy atom. The van der Waals surface area contributed by atoms with Crippen LogP contribution in [0.1, 0.15) is 12.8 Å². The van der Waals surface area contributed by atoms with E-state index in [1.807, 2.05) is 0 Å². The number of anilines is 2. The van der Waals surface area contributed by atoms with Crippen molar-refractivity contribution in [3.05, 3.63) is 41.4 Å². The molecule has 1 aliphatic carbocycles. The average Bonchev–Trinajstić information content (AvgIpc) is 3.53. The van der Waals surface area contributed by atoms with E-state index in [0.717, 1.165) is 12.8 Å². The lowest BCUT2D eigenvalue weighted by Gasteiger charge is -2.20. The first-order valence-corrected chi connectivity index (χ1v) is 9.39. The van der Waals surface area contributed by atoms with E-state index in [4.69, 9.17) is 25.8 Å². The smallest absolute Gasteiger partial charge is 0.262 e. The summed E-state index contributed by atoms with van der Waals surface area (Å²) in [5.74, 6) is 1.33. The van der Waals surface area contributed by atoms with Crippen LogP contribution in [0.15, 0.2) is 36.4 Å². The number of amides is 2. The first-order valence-electron chi connectivity index (χ1n) is 9.01. The molecule has 2 N–H and O–H groups in total. The summed E-state index contributed by atoms with van der Waals surface area (Å²) in [5, 5.41) is 5.89. The number of hydrogen-bond acceptors (Lipinski definition) is 5. The van der Waals surface area contributed by atoms with Crippen LogP contribution in [-0.2, 0) is 9.59 Å². The zero-order valence-electron chi connectivity index (χ0n) is 15.0. The number of ether oxygens (including phenoxy) is 3. The number of carbonyl (C=O) groups excluding carboxylic acids is 2. The van der Waals surface area contributed by atoms with Crippen LogP contribution in [0.25, 0.3) is 0 Å². The summed E-state index contributed by atoms with van der Waals surface area (Å²) in [5.41, 5.74) is 1.06. The summed E-state index contributed by atoms with van der Waals surface area (Å²) in [7, 11) is 0. The van der Waals surface area contributed by atoms with E-state index in [1.165, 1.54) is 0 Å². The molecule has 0 unspecified atom stereocenters. The Hall–Kier alpha value is -2.93. The molecule has 0 radical (unpaired) electrons. The molecule has 1 aliphatic heterocycles. The van der Waals surface area contributed by atoms with Gasteiger partial charge in [-0.3, -0.25) is 9.59 Å². The van der Waals surface area contributed by atoms with E-state index < -0.39 is 0 Å². The summed E-state index contributed by atoms with van der Waals surface area (Å²) >= 11 is 6.19. The highest BCUT2D eigenvalue weighted by Crippen LogP contribution is 2.38. The normalized spacial score (nSPS) is 14.9. The minimum Gasteiger partial charge on any atom is -0.486 e. The van der Waals surface area contributed by atoms with Crippen molar-refractivity contribution in [2.45, 2.75) is 12.8 Å². The van der Waals surface area contributed by atoms with Crippen molar-refractivity contribution >= 4 is 34.8 Å². The van der Waals surface area contributed by atoms with Crippen molar-refractivity contribution in [3.63, 3.8) is 0 Å². The monoisotopic (exact) mass is 402 g/mol. The predicted molar refractivity (Wildman–Crippen MR) is 104 cm³/mol. The van der Waals surface area contributed by atoms with Gasteiger partial charge in [-0.2, -0.15) is 0 Å². The zero-order chi connectivity index (χ0) is 19.5. The van der Waals surface area contributed by atoms with Crippen LogP contribution in [0.4, 0.5) is 11.4 Å². The van der Waals surface area contributed by atoms with Gasteiger partial charge in [0.05, 0.1) is 10.7 Å². The van der Waals surface area contributed by atoms with Crippen LogP contribution in [0, 0.1) is 5.92 Å². The summed E-state index contributed by atoms with van der Waals surface area (Å²) < 4.78 is 16.5. The summed E-state index contributed by atoms with van der Waals surface area (Å²) in [6.07, 6.45) is 1.87. The number of rotatable bonds is 6. The van der Waals surface area contributed by atoms with Gasteiger partial charge in [-0.05, 0) is 25.0 Å². The third kappa shape index (κ3) is 4.48. The molecule has 0 saturated heterocycles. The molecule has 1 heterocycles. The van der Waals surface area contributed by atoms with Gasteiger partial charge in [-0.15, -0.1) is 0 Å². The molecule has 8 heteroatoms. The van der Waals surface area contributed by atoms with Gasteiger partial charge in [-0.25, -0.2) is 0 Å². The van der Waals surface area contributed by atoms with E-state index in [9.17, 15) is 9.59 Å². The van der Waals surface area contributed by atoms with E-state index in [0.29, 0.717) is 46.9 Å². The minimum absolute atomic E-state index is 0.0168. The number of fused-ring (bicyclic) bond motifs is 1. The quantitative estimate of drug-likeness (QED) is 0.772. The minimum atomic E-state index is -0.369. The molecular formula is C20H19ClN2O5. The average molecular weight is 403 g/mol. The van der Waals surface area contributed by atoms with E-state index in [2.05, 4.69) is 10.6 Å². The van der Waals surface area contributed by atoms with E-state index in [1.54, 1.807) is 36.4 Å². The van der Waals surface area contributed by atoms with Gasteiger partial charge in [0, 0.05) is 29.8 Å². The van der Waals surface area contributed by atoms with Crippen molar-refractivity contribution in [1.82, 2.24) is 0 Å². The first kappa shape index (κ1) is 18.4. The topological polar surface area (TPSA) is 85.9 Å². The van der Waals surface area contributed by atoms with Gasteiger partial charge in [0.15, 0.2) is 18.1 Å². The fraction of sp³-hybridized carbons (Fsp3) is 0.300. The maximum atomic E-state index is 12.2. The highest BCUT2D eigenvalue weighted by Gasteiger charge is 2.29. The lowest BCUT2D eigenvalue weighted by Crippen LogP contribution is -2.21. The second-order valence-electron chi connectivity index (χ2n) is 6.60. The van der Waals surface area contributed by atoms with Gasteiger partial charge in [0.2, 0.25) is 5.91 Å². The van der Waals surface area contributed by atoms with Crippen molar-refractivity contribution in [2.75, 3.05) is 30.5 Å². The van der Waals surface area contributed by atoms with Gasteiger partial charge in [0.1, 0.15) is 19.0 Å². The third-order valence-electron chi connectivity index (χ3n) is 4.33. The lowest BCUT2D eigenvalue weighted by atomic mass is 10.2. The first-order chi connectivity index (χ1) is 13.6. The molecule has 0 aromatic heterocycles. The highest BCUT2D eigenvalue weighted by molar-refractivity contribution is 6.34. The molecule has 28 heavy (non-hydrogen) atoms. The molecule has 4 rings (SSSR count). The van der Waals surface area contributed by atoms with Crippen LogP contribution >= 0.6 is 11.6 Å². The van der Waals surface area contributed by atoms with Gasteiger partial charge < -0.3 is 24.8 Å². The van der Waals surface area contributed by atoms with Gasteiger partial charge >= 0.3 is 0 Å². The Morgan fingerprint density at radius 2 is 1.82 bits per heavy atom. The lowest BCUT2D eigenvalue weighted by molar-refractivity contribution is -0.118. The van der Waals surface area contributed by atoms with Crippen LogP contribution < -0.4 is 24.8 Å². The number of carbonyl (C=O) groups is 2. The molecule has 0 atom stereocenters. The zero-order valence-corrected chi connectivity index (χ0v) is 15.8. The summed E-state index contributed by atoms with van der Waals surface area (Å²) in [6.45, 7) is 0.701. The SMILES string of the molecule is O=C(COc1cccc(NC(=O)C2CC2)c1)Nc1cc2c(cc1Cl)OCCO2. The molecule has 0 spiro atoms. The van der Waals surface area contributed by atoms with Crippen molar-refractivity contribution in [3.8, 4) is 17.2 Å². The molecular weight excluding hydrogens is 384 g/mol. The number of hydrogen-bond donors (Lipinski definition) is 2. The predicted octanol–water partition coefficient (Wildman–Crippen LogP) is 3.48. The molecule has 1 fully saturated rings. The molecule has 2 amide bonds. The fourth-order valence-corrected chi connectivity index (χ4v) is 2.95. The standard InChI is InChI=1S/C20H19ClN2O5/c21-15-9-17-18(27-7-6-26-17)10-16(15)23-19(24)11-28-14-3-1-2-13(8-14)22-20(25)12-4-5-12/h1-3,8-10,12H,4-7,11H2,(H,22,25)(H,23,24). The summed E-state index contributed by atoms with van der Waals surface area (Å²) in [4.78, 5) is 24.1. The van der Waals surface area contributed by atoms with Crippen LogP contribution in [-0.4, -0.2) is 31.6 Å². The van der Waals surface area contributed by atoms with Crippen molar-refractivity contribution in [1.29, 1.82) is 0 Å². The number of benzene rings is 2. The number of halogens is 1. The summed E-state index contributed by atoms with van der Waals surface area (Å²) in [6, 6.07) is 10.2. The molecule has 2 aromatic rings. The Bertz CT molecular complexity index is 913. The van der Waals surface area contributed by atoms with Gasteiger partial charge in [0.25, 0.3) is 5.91 Å². The Balaban J connectivity index is 1.34. The second kappa shape index (κ2) is 7.98. The Labute approximate surface area is 166 Å². The van der Waals surface area contributed by atoms with E-state index >= 15 is 0 Å². The molecule has 2 aromatic carbocycles. The van der Waals surface area contributed by atoms with Crippen LogP contribution in [0.2, 0.25) is 5.02 Å². The van der Waals surface area contributed by atoms with Crippen molar-refractivity contribution < 1.29 is 23.8 Å². The van der Waals surface area contributed by atoms with Gasteiger partial charge in [-0.1, -0.05) is 17.7 Å². The Kier molecular flexibility index (Phi) is 5.25. The van der Waals surface area contributed by atoms with Crippen molar-refractivity contribution in [2.24, 2.45) is 5.92 Å². The maximum absolute atomic E-state index is 12.2. The molecule has 2 aliphatic rings. The molecule has 0 bridgehead atoms. The third-order valence-corrected chi connectivity index (χ3v) is 4.64. The number of nitrogens with one attached hydrogen (secondary N) is 2. The molecule has 146 valence electrons. The fourth-order valence-electron chi connectivity index (χ4n) is 2.75. The highest BCUT2D eigenvalue weighted by atomic mass is 35.5. The largest absolute Gasteiger partial charge is 0.486 e.